The molecule has 0 atom stereocenters. The molecular weight excluding hydrogens is 232 g/mol. The van der Waals surface area contributed by atoms with Gasteiger partial charge in [0.2, 0.25) is 0 Å². The predicted octanol–water partition coefficient (Wildman–Crippen LogP) is -0.843. The minimum absolute atomic E-state index is 0.308. The zero-order valence-corrected chi connectivity index (χ0v) is 10.4. The Hall–Kier alpha value is -1.95. The van der Waals surface area contributed by atoms with Gasteiger partial charge in [-0.05, 0) is 24.1 Å². The number of aromatic nitrogens is 1. The molecule has 0 aliphatic heterocycles. The molecule has 0 spiro atoms. The van der Waals surface area contributed by atoms with Crippen molar-refractivity contribution in [1.82, 2.24) is 15.2 Å². The summed E-state index contributed by atoms with van der Waals surface area (Å²) in [4.78, 5) is 28.3. The Kier molecular flexibility index (Phi) is 5.79. The Morgan fingerprint density at radius 3 is 2.67 bits per heavy atom. The minimum atomic E-state index is -0.613. The molecule has 18 heavy (non-hydrogen) atoms. The van der Waals surface area contributed by atoms with Crippen LogP contribution in [0, 0.1) is 0 Å². The van der Waals surface area contributed by atoms with E-state index < -0.39 is 11.8 Å². The van der Waals surface area contributed by atoms with E-state index in [4.69, 9.17) is 5.73 Å². The van der Waals surface area contributed by atoms with Crippen LogP contribution in [0.5, 0.6) is 0 Å². The van der Waals surface area contributed by atoms with Gasteiger partial charge < -0.3 is 16.0 Å². The quantitative estimate of drug-likeness (QED) is 0.667. The summed E-state index contributed by atoms with van der Waals surface area (Å²) in [7, 11) is 1.60. The summed E-state index contributed by atoms with van der Waals surface area (Å²) < 4.78 is 0. The summed E-state index contributed by atoms with van der Waals surface area (Å²) in [5.74, 6) is -1.16. The number of nitrogens with one attached hydrogen (secondary N) is 1. The molecule has 1 rings (SSSR count). The van der Waals surface area contributed by atoms with Gasteiger partial charge >= 0.3 is 11.8 Å². The van der Waals surface area contributed by atoms with Gasteiger partial charge in [-0.2, -0.15) is 0 Å². The number of pyridine rings is 1. The molecule has 0 bridgehead atoms. The molecule has 0 fully saturated rings. The highest BCUT2D eigenvalue weighted by atomic mass is 16.2. The van der Waals surface area contributed by atoms with Gasteiger partial charge in [0.15, 0.2) is 0 Å². The molecule has 0 saturated carbocycles. The second-order valence-electron chi connectivity index (χ2n) is 3.88. The highest BCUT2D eigenvalue weighted by molar-refractivity contribution is 6.34. The maximum Gasteiger partial charge on any atom is 0.311 e. The van der Waals surface area contributed by atoms with Crippen molar-refractivity contribution in [2.45, 2.75) is 6.42 Å². The van der Waals surface area contributed by atoms with Crippen molar-refractivity contribution in [3.63, 3.8) is 0 Å². The van der Waals surface area contributed by atoms with Crippen LogP contribution in [0.25, 0.3) is 0 Å². The fourth-order valence-electron chi connectivity index (χ4n) is 1.38. The van der Waals surface area contributed by atoms with Crippen molar-refractivity contribution in [2.75, 3.05) is 26.7 Å². The Labute approximate surface area is 106 Å². The summed E-state index contributed by atoms with van der Waals surface area (Å²) in [6.07, 6.45) is 4.09. The Morgan fingerprint density at radius 1 is 1.39 bits per heavy atom. The topological polar surface area (TPSA) is 88.3 Å². The number of carbonyl (C=O) groups is 2. The van der Waals surface area contributed by atoms with Crippen LogP contribution in [0.15, 0.2) is 24.5 Å². The van der Waals surface area contributed by atoms with E-state index in [1.54, 1.807) is 19.4 Å². The van der Waals surface area contributed by atoms with Crippen molar-refractivity contribution < 1.29 is 9.59 Å². The smallest absolute Gasteiger partial charge is 0.311 e. The highest BCUT2D eigenvalue weighted by Gasteiger charge is 2.17. The number of amides is 2. The Bertz CT molecular complexity index is 394. The monoisotopic (exact) mass is 250 g/mol. The number of hydrogen-bond donors (Lipinski definition) is 2. The number of likely N-dealkylation sites (N-methyl/N-ethyl adjacent to an activating group) is 1. The van der Waals surface area contributed by atoms with E-state index in [-0.39, 0.29) is 0 Å². The third-order valence-electron chi connectivity index (χ3n) is 2.46. The van der Waals surface area contributed by atoms with Crippen LogP contribution in [0.2, 0.25) is 0 Å². The van der Waals surface area contributed by atoms with Crippen LogP contribution in [0.1, 0.15) is 5.56 Å². The molecule has 3 N–H and O–H groups in total. The molecule has 0 radical (unpaired) electrons. The number of nitrogens with two attached hydrogens (primary N) is 1. The molecule has 0 aromatic carbocycles. The van der Waals surface area contributed by atoms with E-state index in [2.05, 4.69) is 10.3 Å². The van der Waals surface area contributed by atoms with Crippen molar-refractivity contribution in [3.05, 3.63) is 30.1 Å². The highest BCUT2D eigenvalue weighted by Crippen LogP contribution is 1.99. The SMILES string of the molecule is CN(CCc1ccncc1)C(=O)C(=O)NCCN. The fourth-order valence-corrected chi connectivity index (χ4v) is 1.38. The van der Waals surface area contributed by atoms with Crippen LogP contribution in [-0.4, -0.2) is 48.4 Å². The first kappa shape index (κ1) is 14.1. The molecule has 0 aliphatic rings. The van der Waals surface area contributed by atoms with Gasteiger partial charge in [-0.1, -0.05) is 0 Å². The van der Waals surface area contributed by atoms with Crippen LogP contribution < -0.4 is 11.1 Å². The lowest BCUT2D eigenvalue weighted by molar-refractivity contribution is -0.144. The number of rotatable bonds is 5. The number of nitrogens with zero attached hydrogens (tertiary/aromatic N) is 2. The first-order valence-electron chi connectivity index (χ1n) is 5.77. The molecule has 2 amide bonds. The van der Waals surface area contributed by atoms with Gasteiger partial charge in [0.25, 0.3) is 0 Å². The van der Waals surface area contributed by atoms with Gasteiger partial charge in [0.05, 0.1) is 0 Å². The lowest BCUT2D eigenvalue weighted by atomic mass is 10.2. The van der Waals surface area contributed by atoms with Crippen LogP contribution >= 0.6 is 0 Å². The number of hydrogen-bond acceptors (Lipinski definition) is 4. The Morgan fingerprint density at radius 2 is 2.06 bits per heavy atom. The summed E-state index contributed by atoms with van der Waals surface area (Å²) in [5, 5.41) is 2.45. The molecule has 1 aromatic rings. The summed E-state index contributed by atoms with van der Waals surface area (Å²) in [5.41, 5.74) is 6.32. The average molecular weight is 250 g/mol. The lowest BCUT2D eigenvalue weighted by Crippen LogP contribution is -2.43. The van der Waals surface area contributed by atoms with Gasteiger partial charge in [-0.15, -0.1) is 0 Å². The fraction of sp³-hybridized carbons (Fsp3) is 0.417. The molecule has 1 aromatic heterocycles. The van der Waals surface area contributed by atoms with Gasteiger partial charge in [-0.3, -0.25) is 14.6 Å². The Balaban J connectivity index is 2.38. The third-order valence-corrected chi connectivity index (χ3v) is 2.46. The third kappa shape index (κ3) is 4.50. The molecule has 6 nitrogen and oxygen atoms in total. The maximum atomic E-state index is 11.6. The van der Waals surface area contributed by atoms with Crippen LogP contribution in [-0.2, 0) is 16.0 Å². The molecule has 6 heteroatoms. The first-order chi connectivity index (χ1) is 8.65. The molecular formula is C12H18N4O2. The molecule has 0 saturated heterocycles. The van der Waals surface area contributed by atoms with Gasteiger partial charge in [0, 0.05) is 39.1 Å². The van der Waals surface area contributed by atoms with Gasteiger partial charge in [0.1, 0.15) is 0 Å². The van der Waals surface area contributed by atoms with E-state index in [1.165, 1.54) is 4.90 Å². The van der Waals surface area contributed by atoms with E-state index in [0.29, 0.717) is 26.1 Å². The minimum Gasteiger partial charge on any atom is -0.347 e. The normalized spacial score (nSPS) is 9.89. The van der Waals surface area contributed by atoms with Crippen LogP contribution in [0.4, 0.5) is 0 Å². The molecule has 0 aliphatic carbocycles. The van der Waals surface area contributed by atoms with E-state index in [9.17, 15) is 9.59 Å². The van der Waals surface area contributed by atoms with Crippen molar-refractivity contribution in [3.8, 4) is 0 Å². The summed E-state index contributed by atoms with van der Waals surface area (Å²) >= 11 is 0. The largest absolute Gasteiger partial charge is 0.347 e. The second-order valence-corrected chi connectivity index (χ2v) is 3.88. The zero-order valence-electron chi connectivity index (χ0n) is 10.4. The predicted molar refractivity (Wildman–Crippen MR) is 67.6 cm³/mol. The standard InChI is InChI=1S/C12H18N4O2/c1-16(12(18)11(17)15-8-5-13)9-4-10-2-6-14-7-3-10/h2-3,6-7H,4-5,8-9,13H2,1H3,(H,15,17). The van der Waals surface area contributed by atoms with E-state index in [1.807, 2.05) is 12.1 Å². The summed E-state index contributed by atoms with van der Waals surface area (Å²) in [6.45, 7) is 1.11. The lowest BCUT2D eigenvalue weighted by Gasteiger charge is -2.16. The maximum absolute atomic E-state index is 11.6. The molecule has 1 heterocycles. The van der Waals surface area contributed by atoms with Gasteiger partial charge in [-0.25, -0.2) is 0 Å². The van der Waals surface area contributed by atoms with Crippen molar-refractivity contribution >= 4 is 11.8 Å². The first-order valence-corrected chi connectivity index (χ1v) is 5.77. The zero-order chi connectivity index (χ0) is 13.4. The van der Waals surface area contributed by atoms with Crippen molar-refractivity contribution in [2.24, 2.45) is 5.73 Å². The second kappa shape index (κ2) is 7.39. The van der Waals surface area contributed by atoms with Crippen LogP contribution in [0.3, 0.4) is 0 Å². The average Bonchev–Trinajstić information content (AvgIpc) is 2.42. The molecule has 0 unspecified atom stereocenters. The number of carbonyl (C=O) groups excluding carboxylic acids is 2. The van der Waals surface area contributed by atoms with E-state index >= 15 is 0 Å². The molecule has 98 valence electrons. The summed E-state index contributed by atoms with van der Waals surface area (Å²) in [6, 6.07) is 3.76. The van der Waals surface area contributed by atoms with E-state index in [0.717, 1.165) is 5.56 Å². The van der Waals surface area contributed by atoms with Crippen molar-refractivity contribution in [1.29, 1.82) is 0 Å².